The molecule has 7 nitrogen and oxygen atoms in total. The lowest BCUT2D eigenvalue weighted by molar-refractivity contribution is -0.122. The van der Waals surface area contributed by atoms with Gasteiger partial charge in [0.25, 0.3) is 5.91 Å². The standard InChI is InChI=1S/C12H19N5O2/c1-7(2)4-15-11(18)8(3)16-12(19)9-5-14-6-10(13)17-9/h5-8H,4H2,1-3H3,(H2,13,17)(H,15,18)(H,16,19). The molecule has 0 aromatic carbocycles. The predicted molar refractivity (Wildman–Crippen MR) is 71.2 cm³/mol. The van der Waals surface area contributed by atoms with Crippen molar-refractivity contribution in [1.82, 2.24) is 20.6 Å². The number of nitrogens with zero attached hydrogens (tertiary/aromatic N) is 2. The number of carbonyl (C=O) groups is 2. The van der Waals surface area contributed by atoms with E-state index in [1.807, 2.05) is 13.8 Å². The van der Waals surface area contributed by atoms with Crippen molar-refractivity contribution >= 4 is 17.6 Å². The van der Waals surface area contributed by atoms with Gasteiger partial charge in [-0.3, -0.25) is 14.6 Å². The third-order valence-electron chi connectivity index (χ3n) is 2.31. The van der Waals surface area contributed by atoms with Crippen LogP contribution in [0.2, 0.25) is 0 Å². The van der Waals surface area contributed by atoms with Crippen LogP contribution < -0.4 is 16.4 Å². The fraction of sp³-hybridized carbons (Fsp3) is 0.500. The fourth-order valence-corrected chi connectivity index (χ4v) is 1.28. The van der Waals surface area contributed by atoms with Crippen molar-refractivity contribution in [1.29, 1.82) is 0 Å². The van der Waals surface area contributed by atoms with E-state index in [1.54, 1.807) is 6.92 Å². The minimum Gasteiger partial charge on any atom is -0.382 e. The summed E-state index contributed by atoms with van der Waals surface area (Å²) in [6.45, 7) is 6.15. The predicted octanol–water partition coefficient (Wildman–Crippen LogP) is -0.0507. The highest BCUT2D eigenvalue weighted by Gasteiger charge is 2.17. The van der Waals surface area contributed by atoms with Crippen molar-refractivity contribution in [2.75, 3.05) is 12.3 Å². The summed E-state index contributed by atoms with van der Waals surface area (Å²) in [5.74, 6) is -0.206. The Bertz CT molecular complexity index is 461. The number of hydrogen-bond donors (Lipinski definition) is 3. The van der Waals surface area contributed by atoms with Gasteiger partial charge in [-0.1, -0.05) is 13.8 Å². The Hall–Kier alpha value is -2.18. The van der Waals surface area contributed by atoms with E-state index < -0.39 is 11.9 Å². The molecule has 0 saturated carbocycles. The Labute approximate surface area is 112 Å². The van der Waals surface area contributed by atoms with E-state index in [4.69, 9.17) is 5.73 Å². The van der Waals surface area contributed by atoms with E-state index in [2.05, 4.69) is 20.6 Å². The van der Waals surface area contributed by atoms with Crippen LogP contribution >= 0.6 is 0 Å². The molecule has 0 fully saturated rings. The zero-order valence-electron chi connectivity index (χ0n) is 11.3. The molecular weight excluding hydrogens is 246 g/mol. The lowest BCUT2D eigenvalue weighted by atomic mass is 10.2. The summed E-state index contributed by atoms with van der Waals surface area (Å²) in [5, 5.41) is 5.27. The molecule has 7 heteroatoms. The molecule has 1 atom stereocenters. The van der Waals surface area contributed by atoms with Gasteiger partial charge < -0.3 is 16.4 Å². The quantitative estimate of drug-likeness (QED) is 0.691. The Morgan fingerprint density at radius 2 is 2.00 bits per heavy atom. The maximum atomic E-state index is 11.8. The number of amides is 2. The zero-order chi connectivity index (χ0) is 14.4. The van der Waals surface area contributed by atoms with E-state index in [0.717, 1.165) is 0 Å². The second-order valence-corrected chi connectivity index (χ2v) is 4.66. The molecule has 0 aliphatic heterocycles. The Balaban J connectivity index is 2.54. The number of rotatable bonds is 5. The average molecular weight is 265 g/mol. The molecule has 0 aliphatic rings. The average Bonchev–Trinajstić information content (AvgIpc) is 2.35. The molecule has 2 amide bonds. The van der Waals surface area contributed by atoms with Gasteiger partial charge in [-0.25, -0.2) is 4.98 Å². The van der Waals surface area contributed by atoms with E-state index in [0.29, 0.717) is 12.5 Å². The minimum atomic E-state index is -0.644. The summed E-state index contributed by atoms with van der Waals surface area (Å²) in [4.78, 5) is 31.1. The van der Waals surface area contributed by atoms with Crippen molar-refractivity contribution in [3.05, 3.63) is 18.1 Å². The van der Waals surface area contributed by atoms with Crippen LogP contribution in [0, 0.1) is 5.92 Å². The first-order valence-corrected chi connectivity index (χ1v) is 6.06. The normalized spacial score (nSPS) is 12.0. The number of aromatic nitrogens is 2. The number of carbonyl (C=O) groups excluding carboxylic acids is 2. The summed E-state index contributed by atoms with van der Waals surface area (Å²) in [6.07, 6.45) is 2.64. The molecular formula is C12H19N5O2. The molecule has 1 heterocycles. The highest BCUT2D eigenvalue weighted by atomic mass is 16.2. The lowest BCUT2D eigenvalue weighted by Crippen LogP contribution is -2.45. The van der Waals surface area contributed by atoms with Crippen LogP contribution in [-0.4, -0.2) is 34.4 Å². The smallest absolute Gasteiger partial charge is 0.272 e. The van der Waals surface area contributed by atoms with Gasteiger partial charge in [-0.2, -0.15) is 0 Å². The van der Waals surface area contributed by atoms with E-state index >= 15 is 0 Å². The third-order valence-corrected chi connectivity index (χ3v) is 2.31. The van der Waals surface area contributed by atoms with Crippen molar-refractivity contribution in [2.24, 2.45) is 5.92 Å². The summed E-state index contributed by atoms with van der Waals surface area (Å²) >= 11 is 0. The van der Waals surface area contributed by atoms with Gasteiger partial charge in [0.15, 0.2) is 0 Å². The number of nitrogen functional groups attached to an aromatic ring is 1. The Morgan fingerprint density at radius 1 is 1.32 bits per heavy atom. The van der Waals surface area contributed by atoms with E-state index in [9.17, 15) is 9.59 Å². The molecule has 0 saturated heterocycles. The molecule has 0 spiro atoms. The number of hydrogen-bond acceptors (Lipinski definition) is 5. The number of nitrogens with one attached hydrogen (secondary N) is 2. The summed E-state index contributed by atoms with van der Waals surface area (Å²) in [6, 6.07) is -0.644. The molecule has 1 aromatic heterocycles. The number of anilines is 1. The van der Waals surface area contributed by atoms with Gasteiger partial charge in [-0.15, -0.1) is 0 Å². The minimum absolute atomic E-state index is 0.0866. The largest absolute Gasteiger partial charge is 0.382 e. The summed E-state index contributed by atoms with van der Waals surface area (Å²) in [7, 11) is 0. The van der Waals surface area contributed by atoms with Gasteiger partial charge in [0, 0.05) is 6.54 Å². The van der Waals surface area contributed by atoms with Crippen LogP contribution in [0.25, 0.3) is 0 Å². The van der Waals surface area contributed by atoms with Crippen LogP contribution in [0.15, 0.2) is 12.4 Å². The zero-order valence-corrected chi connectivity index (χ0v) is 11.3. The number of nitrogens with two attached hydrogens (primary N) is 1. The molecule has 104 valence electrons. The van der Waals surface area contributed by atoms with Crippen molar-refractivity contribution in [3.63, 3.8) is 0 Å². The van der Waals surface area contributed by atoms with Crippen LogP contribution in [0.4, 0.5) is 5.82 Å². The first kappa shape index (κ1) is 14.9. The van der Waals surface area contributed by atoms with Gasteiger partial charge in [0.05, 0.1) is 12.4 Å². The molecule has 1 aromatic rings. The van der Waals surface area contributed by atoms with Gasteiger partial charge in [-0.05, 0) is 12.8 Å². The molecule has 0 radical (unpaired) electrons. The highest BCUT2D eigenvalue weighted by molar-refractivity contribution is 5.95. The molecule has 0 bridgehead atoms. The Kier molecular flexibility index (Phi) is 5.23. The maximum absolute atomic E-state index is 11.8. The van der Waals surface area contributed by atoms with Gasteiger partial charge in [0.1, 0.15) is 17.6 Å². The van der Waals surface area contributed by atoms with E-state index in [1.165, 1.54) is 12.4 Å². The molecule has 1 rings (SSSR count). The second-order valence-electron chi connectivity index (χ2n) is 4.66. The van der Waals surface area contributed by atoms with Crippen LogP contribution in [0.1, 0.15) is 31.3 Å². The topological polar surface area (TPSA) is 110 Å². The molecule has 1 unspecified atom stereocenters. The molecule has 0 aliphatic carbocycles. The molecule has 4 N–H and O–H groups in total. The second kappa shape index (κ2) is 6.67. The van der Waals surface area contributed by atoms with E-state index in [-0.39, 0.29) is 17.4 Å². The molecule has 19 heavy (non-hydrogen) atoms. The van der Waals surface area contributed by atoms with Crippen molar-refractivity contribution < 1.29 is 9.59 Å². The first-order valence-electron chi connectivity index (χ1n) is 6.06. The van der Waals surface area contributed by atoms with Crippen LogP contribution in [0.5, 0.6) is 0 Å². The third kappa shape index (κ3) is 4.90. The van der Waals surface area contributed by atoms with Gasteiger partial charge in [0.2, 0.25) is 5.91 Å². The first-order chi connectivity index (χ1) is 8.90. The van der Waals surface area contributed by atoms with Crippen LogP contribution in [0.3, 0.4) is 0 Å². The summed E-state index contributed by atoms with van der Waals surface area (Å²) < 4.78 is 0. The SMILES string of the molecule is CC(C)CNC(=O)C(C)NC(=O)c1cncc(N)n1. The van der Waals surface area contributed by atoms with Crippen molar-refractivity contribution in [3.8, 4) is 0 Å². The fourth-order valence-electron chi connectivity index (χ4n) is 1.28. The lowest BCUT2D eigenvalue weighted by Gasteiger charge is -2.14. The highest BCUT2D eigenvalue weighted by Crippen LogP contribution is 1.98. The van der Waals surface area contributed by atoms with Gasteiger partial charge >= 0.3 is 0 Å². The van der Waals surface area contributed by atoms with Crippen LogP contribution in [-0.2, 0) is 4.79 Å². The summed E-state index contributed by atoms with van der Waals surface area (Å²) in [5.41, 5.74) is 5.52. The maximum Gasteiger partial charge on any atom is 0.272 e. The Morgan fingerprint density at radius 3 is 2.58 bits per heavy atom. The van der Waals surface area contributed by atoms with Crippen molar-refractivity contribution in [2.45, 2.75) is 26.8 Å². The monoisotopic (exact) mass is 265 g/mol.